The van der Waals surface area contributed by atoms with E-state index in [1.165, 1.54) is 20.4 Å². The minimum Gasteiger partial charge on any atom is -0.480 e. The van der Waals surface area contributed by atoms with E-state index in [9.17, 15) is 9.59 Å². The zero-order valence-corrected chi connectivity index (χ0v) is 11.6. The topological polar surface area (TPSA) is 77.5 Å². The van der Waals surface area contributed by atoms with Gasteiger partial charge in [-0.25, -0.2) is 9.78 Å². The zero-order chi connectivity index (χ0) is 15.2. The molecule has 1 aromatic heterocycles. The molecule has 1 N–H and O–H groups in total. The first kappa shape index (κ1) is 14.5. The summed E-state index contributed by atoms with van der Waals surface area (Å²) in [6.07, 6.45) is 1.53. The molecule has 0 aliphatic carbocycles. The van der Waals surface area contributed by atoms with Crippen molar-refractivity contribution in [2.24, 2.45) is 0 Å². The van der Waals surface area contributed by atoms with Crippen LogP contribution in [0.15, 0.2) is 42.6 Å². The number of nitrogens with zero attached hydrogens (tertiary/aromatic N) is 1. The Kier molecular flexibility index (Phi) is 4.50. The number of benzene rings is 1. The van der Waals surface area contributed by atoms with Gasteiger partial charge in [-0.15, -0.1) is 0 Å². The number of aromatic nitrogens is 1. The van der Waals surface area contributed by atoms with Crippen LogP contribution in [-0.4, -0.2) is 31.1 Å². The Morgan fingerprint density at radius 3 is 2.48 bits per heavy atom. The highest BCUT2D eigenvalue weighted by Crippen LogP contribution is 2.19. The number of methoxy groups -OCH3 is 2. The molecule has 0 unspecified atom stereocenters. The summed E-state index contributed by atoms with van der Waals surface area (Å²) in [7, 11) is 2.71. The Balaban J connectivity index is 2.30. The molecule has 21 heavy (non-hydrogen) atoms. The maximum Gasteiger partial charge on any atom is 0.339 e. The first-order chi connectivity index (χ1) is 10.2. The molecule has 0 radical (unpaired) electrons. The average Bonchev–Trinajstić information content (AvgIpc) is 2.54. The van der Waals surface area contributed by atoms with Gasteiger partial charge in [0.05, 0.1) is 25.5 Å². The largest absolute Gasteiger partial charge is 0.480 e. The zero-order valence-electron chi connectivity index (χ0n) is 11.6. The van der Waals surface area contributed by atoms with Gasteiger partial charge in [-0.05, 0) is 24.3 Å². The van der Waals surface area contributed by atoms with Crippen molar-refractivity contribution >= 4 is 17.6 Å². The number of nitrogens with one attached hydrogen (secondary N) is 1. The van der Waals surface area contributed by atoms with Gasteiger partial charge < -0.3 is 14.8 Å². The third-order valence-corrected chi connectivity index (χ3v) is 2.79. The van der Waals surface area contributed by atoms with Gasteiger partial charge in [-0.3, -0.25) is 4.79 Å². The fourth-order valence-corrected chi connectivity index (χ4v) is 1.80. The van der Waals surface area contributed by atoms with E-state index >= 15 is 0 Å². The standard InChI is InChI=1S/C15H14N2O4/c1-20-14-11(7-5-9-16-14)13(18)17-12-8-4-3-6-10(12)15(19)21-2/h3-9H,1-2H3,(H,17,18). The SMILES string of the molecule is COC(=O)c1ccccc1NC(=O)c1cccnc1OC. The molecule has 2 aromatic rings. The highest BCUT2D eigenvalue weighted by molar-refractivity contribution is 6.09. The van der Waals surface area contributed by atoms with Crippen LogP contribution in [0.5, 0.6) is 5.88 Å². The van der Waals surface area contributed by atoms with Crippen molar-refractivity contribution < 1.29 is 19.1 Å². The third kappa shape index (κ3) is 3.17. The van der Waals surface area contributed by atoms with Crippen LogP contribution < -0.4 is 10.1 Å². The van der Waals surface area contributed by atoms with Crippen LogP contribution in [0.25, 0.3) is 0 Å². The van der Waals surface area contributed by atoms with Gasteiger partial charge in [0, 0.05) is 6.20 Å². The maximum atomic E-state index is 12.3. The molecule has 108 valence electrons. The molecule has 1 aromatic carbocycles. The van der Waals surface area contributed by atoms with Crippen molar-refractivity contribution in [3.63, 3.8) is 0 Å². The summed E-state index contributed by atoms with van der Waals surface area (Å²) in [6.45, 7) is 0. The van der Waals surface area contributed by atoms with E-state index < -0.39 is 11.9 Å². The number of amides is 1. The summed E-state index contributed by atoms with van der Waals surface area (Å²) >= 11 is 0. The Bertz CT molecular complexity index is 670. The van der Waals surface area contributed by atoms with E-state index in [1.54, 1.807) is 36.4 Å². The van der Waals surface area contributed by atoms with E-state index in [2.05, 4.69) is 15.0 Å². The summed E-state index contributed by atoms with van der Waals surface area (Å²) in [4.78, 5) is 27.9. The number of carbonyl (C=O) groups is 2. The van der Waals surface area contributed by atoms with Crippen LogP contribution in [0.3, 0.4) is 0 Å². The van der Waals surface area contributed by atoms with E-state index in [-0.39, 0.29) is 17.0 Å². The average molecular weight is 286 g/mol. The molecule has 6 nitrogen and oxygen atoms in total. The molecule has 0 bridgehead atoms. The number of hydrogen-bond donors (Lipinski definition) is 1. The minimum absolute atomic E-state index is 0.213. The van der Waals surface area contributed by atoms with Crippen molar-refractivity contribution in [2.75, 3.05) is 19.5 Å². The van der Waals surface area contributed by atoms with Crippen LogP contribution in [0.1, 0.15) is 20.7 Å². The highest BCUT2D eigenvalue weighted by atomic mass is 16.5. The number of carbonyl (C=O) groups excluding carboxylic acids is 2. The maximum absolute atomic E-state index is 12.3. The number of hydrogen-bond acceptors (Lipinski definition) is 5. The monoisotopic (exact) mass is 286 g/mol. The van der Waals surface area contributed by atoms with Crippen molar-refractivity contribution in [3.05, 3.63) is 53.7 Å². The predicted octanol–water partition coefficient (Wildman–Crippen LogP) is 2.13. The lowest BCUT2D eigenvalue weighted by Gasteiger charge is -2.11. The molecule has 1 amide bonds. The van der Waals surface area contributed by atoms with E-state index in [1.807, 2.05) is 0 Å². The number of rotatable bonds is 4. The lowest BCUT2D eigenvalue weighted by molar-refractivity contribution is 0.0602. The molecule has 1 heterocycles. The van der Waals surface area contributed by atoms with Crippen molar-refractivity contribution in [2.45, 2.75) is 0 Å². The number of ether oxygens (including phenoxy) is 2. The summed E-state index contributed by atoms with van der Waals surface area (Å²) in [6, 6.07) is 9.80. The second kappa shape index (κ2) is 6.51. The summed E-state index contributed by atoms with van der Waals surface area (Å²) in [5.41, 5.74) is 0.913. The summed E-state index contributed by atoms with van der Waals surface area (Å²) < 4.78 is 9.72. The highest BCUT2D eigenvalue weighted by Gasteiger charge is 2.17. The quantitative estimate of drug-likeness (QED) is 0.871. The Morgan fingerprint density at radius 2 is 1.76 bits per heavy atom. The molecule has 6 heteroatoms. The fourth-order valence-electron chi connectivity index (χ4n) is 1.80. The van der Waals surface area contributed by atoms with Gasteiger partial charge in [0.25, 0.3) is 5.91 Å². The van der Waals surface area contributed by atoms with Crippen LogP contribution in [-0.2, 0) is 4.74 Å². The molecule has 0 aliphatic heterocycles. The number of para-hydroxylation sites is 1. The molecule has 0 aliphatic rings. The molecule has 0 atom stereocenters. The summed E-state index contributed by atoms with van der Waals surface area (Å²) in [5.74, 6) is -0.731. The predicted molar refractivity (Wildman–Crippen MR) is 76.5 cm³/mol. The Morgan fingerprint density at radius 1 is 1.05 bits per heavy atom. The van der Waals surface area contributed by atoms with Crippen molar-refractivity contribution in [1.29, 1.82) is 0 Å². The first-order valence-corrected chi connectivity index (χ1v) is 6.15. The van der Waals surface area contributed by atoms with Gasteiger partial charge in [-0.1, -0.05) is 12.1 Å². The smallest absolute Gasteiger partial charge is 0.339 e. The van der Waals surface area contributed by atoms with E-state index in [4.69, 9.17) is 4.74 Å². The number of pyridine rings is 1. The van der Waals surface area contributed by atoms with Gasteiger partial charge in [0.1, 0.15) is 5.56 Å². The van der Waals surface area contributed by atoms with Crippen LogP contribution >= 0.6 is 0 Å². The second-order valence-electron chi connectivity index (χ2n) is 4.05. The van der Waals surface area contributed by atoms with Gasteiger partial charge in [0.15, 0.2) is 0 Å². The summed E-state index contributed by atoms with van der Waals surface area (Å²) in [5, 5.41) is 2.66. The fraction of sp³-hybridized carbons (Fsp3) is 0.133. The number of esters is 1. The minimum atomic E-state index is -0.524. The van der Waals surface area contributed by atoms with E-state index in [0.29, 0.717) is 5.69 Å². The molecular formula is C15H14N2O4. The van der Waals surface area contributed by atoms with Gasteiger partial charge in [0.2, 0.25) is 5.88 Å². The molecule has 2 rings (SSSR count). The normalized spacial score (nSPS) is 9.81. The van der Waals surface area contributed by atoms with Crippen LogP contribution in [0.4, 0.5) is 5.69 Å². The molecule has 0 saturated heterocycles. The van der Waals surface area contributed by atoms with Crippen molar-refractivity contribution in [1.82, 2.24) is 4.98 Å². The molecular weight excluding hydrogens is 272 g/mol. The van der Waals surface area contributed by atoms with Gasteiger partial charge in [-0.2, -0.15) is 0 Å². The first-order valence-electron chi connectivity index (χ1n) is 6.15. The lowest BCUT2D eigenvalue weighted by Crippen LogP contribution is -2.16. The molecule has 0 fully saturated rings. The van der Waals surface area contributed by atoms with E-state index in [0.717, 1.165) is 0 Å². The number of anilines is 1. The third-order valence-electron chi connectivity index (χ3n) is 2.79. The second-order valence-corrected chi connectivity index (χ2v) is 4.05. The van der Waals surface area contributed by atoms with Gasteiger partial charge >= 0.3 is 5.97 Å². The Labute approximate surface area is 121 Å². The van der Waals surface area contributed by atoms with Crippen LogP contribution in [0, 0.1) is 0 Å². The lowest BCUT2D eigenvalue weighted by atomic mass is 10.1. The molecule has 0 saturated carbocycles. The van der Waals surface area contributed by atoms with Crippen LogP contribution in [0.2, 0.25) is 0 Å². The van der Waals surface area contributed by atoms with Crippen molar-refractivity contribution in [3.8, 4) is 5.88 Å². The Hall–Kier alpha value is -2.89. The molecule has 0 spiro atoms.